The fraction of sp³-hybridized carbons (Fsp3) is 0.357. The molecule has 2 aliphatic rings. The highest BCUT2D eigenvalue weighted by molar-refractivity contribution is 8.03. The lowest BCUT2D eigenvalue weighted by Gasteiger charge is -2.44. The van der Waals surface area contributed by atoms with E-state index in [-0.39, 0.29) is 17.6 Å². The van der Waals surface area contributed by atoms with Crippen molar-refractivity contribution in [1.29, 1.82) is 0 Å². The van der Waals surface area contributed by atoms with E-state index in [0.717, 1.165) is 0 Å². The van der Waals surface area contributed by atoms with Gasteiger partial charge >= 0.3 is 5.97 Å². The first-order chi connectivity index (χ1) is 10.0. The maximum Gasteiger partial charge on any atom is 0.353 e. The van der Waals surface area contributed by atoms with E-state index >= 15 is 0 Å². The number of amides is 1. The Balaban J connectivity index is 1.89. The lowest BCUT2D eigenvalue weighted by Crippen LogP contribution is -2.61. The quantitative estimate of drug-likeness (QED) is 0.809. The number of carbonyl (C=O) groups is 2. The van der Waals surface area contributed by atoms with Crippen LogP contribution in [-0.2, 0) is 9.59 Å². The number of nitrogens with zero attached hydrogens (tertiary/aromatic N) is 2. The summed E-state index contributed by atoms with van der Waals surface area (Å²) in [6, 6.07) is 5.14. The number of β-lactam (4-membered cyclic amide) rings is 1. The van der Waals surface area contributed by atoms with Crippen LogP contribution in [-0.4, -0.2) is 44.1 Å². The molecule has 3 rings (SSSR count). The van der Waals surface area contributed by atoms with Crippen molar-refractivity contribution in [2.75, 3.05) is 0 Å². The molecule has 0 aliphatic carbocycles. The number of hydrogen-bond donors (Lipinski definition) is 2. The van der Waals surface area contributed by atoms with Gasteiger partial charge in [-0.2, -0.15) is 0 Å². The minimum Gasteiger partial charge on any atom is -0.477 e. The molecule has 1 amide bonds. The highest BCUT2D eigenvalue weighted by Crippen LogP contribution is 2.48. The molecule has 0 bridgehead atoms. The van der Waals surface area contributed by atoms with E-state index < -0.39 is 18.0 Å². The smallest absolute Gasteiger partial charge is 0.353 e. The van der Waals surface area contributed by atoms with Crippen molar-refractivity contribution in [3.63, 3.8) is 0 Å². The number of hydrogen-bond acceptors (Lipinski definition) is 5. The highest BCUT2D eigenvalue weighted by atomic mass is 32.2. The number of rotatable bonds is 4. The zero-order chi connectivity index (χ0) is 15.1. The van der Waals surface area contributed by atoms with Gasteiger partial charge in [0.15, 0.2) is 0 Å². The van der Waals surface area contributed by atoms with E-state index in [1.54, 1.807) is 25.3 Å². The molecule has 1 fully saturated rings. The molecule has 3 heterocycles. The predicted octanol–water partition coefficient (Wildman–Crippen LogP) is 1.08. The van der Waals surface area contributed by atoms with Crippen LogP contribution >= 0.6 is 11.8 Å². The fourth-order valence-corrected chi connectivity index (χ4v) is 3.91. The Morgan fingerprint density at radius 3 is 2.86 bits per heavy atom. The number of pyridine rings is 1. The van der Waals surface area contributed by atoms with Crippen LogP contribution in [0.4, 0.5) is 0 Å². The van der Waals surface area contributed by atoms with Crippen LogP contribution in [0.15, 0.2) is 40.0 Å². The van der Waals surface area contributed by atoms with Gasteiger partial charge in [-0.1, -0.05) is 17.8 Å². The molecule has 3 atom stereocenters. The lowest BCUT2D eigenvalue weighted by atomic mass is 9.83. The second-order valence-corrected chi connectivity index (χ2v) is 6.21. The molecule has 1 saturated heterocycles. The summed E-state index contributed by atoms with van der Waals surface area (Å²) in [4.78, 5) is 29.6. The van der Waals surface area contributed by atoms with E-state index in [4.69, 9.17) is 0 Å². The van der Waals surface area contributed by atoms with Crippen molar-refractivity contribution < 1.29 is 19.8 Å². The molecule has 1 aromatic rings. The highest BCUT2D eigenvalue weighted by Gasteiger charge is 2.56. The van der Waals surface area contributed by atoms with Gasteiger partial charge in [0, 0.05) is 17.5 Å². The molecule has 21 heavy (non-hydrogen) atoms. The maximum absolute atomic E-state index is 12.0. The number of carboxylic acid groups (broad SMARTS) is 1. The van der Waals surface area contributed by atoms with Crippen LogP contribution in [0.5, 0.6) is 0 Å². The number of aromatic nitrogens is 1. The second-order valence-electron chi connectivity index (χ2n) is 5.09. The van der Waals surface area contributed by atoms with Crippen molar-refractivity contribution >= 4 is 23.6 Å². The second kappa shape index (κ2) is 5.16. The van der Waals surface area contributed by atoms with Gasteiger partial charge in [0.2, 0.25) is 5.91 Å². The maximum atomic E-state index is 12.0. The van der Waals surface area contributed by atoms with Crippen LogP contribution < -0.4 is 0 Å². The standard InChI is InChI=1S/C14H14N2O4S/c1-7(17)11-8-6-9(21-10-4-2-3-5-15-10)12(14(19)20)16(8)13(11)18/h2-5,7-8,11,17H,6H2,1H3,(H,19,20)/t7-,8-,11-/m1/s1. The summed E-state index contributed by atoms with van der Waals surface area (Å²) in [5, 5.41) is 19.7. The molecule has 0 saturated carbocycles. The summed E-state index contributed by atoms with van der Waals surface area (Å²) in [5.74, 6) is -1.95. The first kappa shape index (κ1) is 14.1. The first-order valence-electron chi connectivity index (χ1n) is 6.57. The summed E-state index contributed by atoms with van der Waals surface area (Å²) >= 11 is 1.26. The molecule has 0 aromatic carbocycles. The van der Waals surface area contributed by atoms with Crippen LogP contribution in [0.2, 0.25) is 0 Å². The van der Waals surface area contributed by atoms with Crippen LogP contribution in [0.3, 0.4) is 0 Å². The number of aliphatic hydroxyl groups excluding tert-OH is 1. The van der Waals surface area contributed by atoms with Crippen LogP contribution in [0.1, 0.15) is 13.3 Å². The van der Waals surface area contributed by atoms with Gasteiger partial charge in [0.05, 0.1) is 18.1 Å². The van der Waals surface area contributed by atoms with Gasteiger partial charge in [0.1, 0.15) is 10.7 Å². The van der Waals surface area contributed by atoms with Crippen molar-refractivity contribution in [2.24, 2.45) is 5.92 Å². The summed E-state index contributed by atoms with van der Waals surface area (Å²) in [5.41, 5.74) is 0.0255. The third-order valence-corrected chi connectivity index (χ3v) is 4.81. The zero-order valence-electron chi connectivity index (χ0n) is 11.3. The van der Waals surface area contributed by atoms with Crippen molar-refractivity contribution in [3.8, 4) is 0 Å². The average Bonchev–Trinajstić information content (AvgIpc) is 2.74. The van der Waals surface area contributed by atoms with Gasteiger partial charge in [-0.05, 0) is 19.1 Å². The number of fused-ring (bicyclic) bond motifs is 1. The van der Waals surface area contributed by atoms with Gasteiger partial charge in [-0.15, -0.1) is 0 Å². The Bertz CT molecular complexity index is 629. The molecule has 110 valence electrons. The number of aliphatic carboxylic acids is 1. The van der Waals surface area contributed by atoms with Crippen LogP contribution in [0, 0.1) is 5.92 Å². The van der Waals surface area contributed by atoms with Gasteiger partial charge < -0.3 is 15.1 Å². The molecule has 0 unspecified atom stereocenters. The molecule has 6 nitrogen and oxygen atoms in total. The van der Waals surface area contributed by atoms with E-state index in [1.807, 2.05) is 6.07 Å². The normalized spacial score (nSPS) is 25.6. The minimum absolute atomic E-state index is 0.0255. The molecule has 1 aromatic heterocycles. The summed E-state index contributed by atoms with van der Waals surface area (Å²) < 4.78 is 0. The minimum atomic E-state index is -1.12. The third kappa shape index (κ3) is 2.22. The van der Waals surface area contributed by atoms with Crippen LogP contribution in [0.25, 0.3) is 0 Å². The molecular formula is C14H14N2O4S. The predicted molar refractivity (Wildman–Crippen MR) is 75.2 cm³/mol. The Hall–Kier alpha value is -1.86. The Labute approximate surface area is 125 Å². The van der Waals surface area contributed by atoms with Gasteiger partial charge in [0.25, 0.3) is 0 Å². The molecular weight excluding hydrogens is 292 g/mol. The largest absolute Gasteiger partial charge is 0.477 e. The average molecular weight is 306 g/mol. The van der Waals surface area contributed by atoms with Gasteiger partial charge in [-0.3, -0.25) is 4.79 Å². The van der Waals surface area contributed by atoms with E-state index in [1.165, 1.54) is 16.7 Å². The first-order valence-corrected chi connectivity index (χ1v) is 7.39. The molecule has 7 heteroatoms. The zero-order valence-corrected chi connectivity index (χ0v) is 12.1. The van der Waals surface area contributed by atoms with Crippen molar-refractivity contribution in [2.45, 2.75) is 30.5 Å². The molecule has 0 spiro atoms. The topological polar surface area (TPSA) is 90.7 Å². The Morgan fingerprint density at radius 2 is 2.29 bits per heavy atom. The summed E-state index contributed by atoms with van der Waals surface area (Å²) in [6.45, 7) is 1.56. The van der Waals surface area contributed by atoms with Gasteiger partial charge in [-0.25, -0.2) is 9.78 Å². The number of carboxylic acids is 1. The number of aliphatic hydroxyl groups is 1. The SMILES string of the molecule is C[C@@H](O)[C@H]1C(=O)N2C(C(=O)O)=C(Sc3ccccn3)C[C@H]12. The monoisotopic (exact) mass is 306 g/mol. The lowest BCUT2D eigenvalue weighted by molar-refractivity contribution is -0.161. The fourth-order valence-electron chi connectivity index (χ4n) is 2.86. The van der Waals surface area contributed by atoms with Crippen molar-refractivity contribution in [3.05, 3.63) is 35.0 Å². The van der Waals surface area contributed by atoms with E-state index in [0.29, 0.717) is 16.4 Å². The number of thioether (sulfide) groups is 1. The molecule has 2 N–H and O–H groups in total. The third-order valence-electron chi connectivity index (χ3n) is 3.76. The molecule has 2 aliphatic heterocycles. The van der Waals surface area contributed by atoms with Crippen molar-refractivity contribution in [1.82, 2.24) is 9.88 Å². The molecule has 0 radical (unpaired) electrons. The summed E-state index contributed by atoms with van der Waals surface area (Å²) in [7, 11) is 0. The number of carbonyl (C=O) groups excluding carboxylic acids is 1. The Morgan fingerprint density at radius 1 is 1.52 bits per heavy atom. The Kier molecular flexibility index (Phi) is 3.46. The summed E-state index contributed by atoms with van der Waals surface area (Å²) in [6.07, 6.45) is 1.31. The van der Waals surface area contributed by atoms with E-state index in [9.17, 15) is 19.8 Å². The van der Waals surface area contributed by atoms with E-state index in [2.05, 4.69) is 4.98 Å².